The summed E-state index contributed by atoms with van der Waals surface area (Å²) in [5.74, 6) is 1.10. The molecule has 2 amide bonds. The van der Waals surface area contributed by atoms with E-state index in [1.54, 1.807) is 0 Å². The molecule has 6 nitrogen and oxygen atoms in total. The lowest BCUT2D eigenvalue weighted by Crippen LogP contribution is -2.53. The van der Waals surface area contributed by atoms with E-state index in [9.17, 15) is 9.59 Å². The standard InChI is InChI=1S/C11H17N3O3/c1-2-4-9(10(15)16)13-11(17)14-6-3-5-8(12)7-14/h1,8-9H,3-7,12H2,(H,13,17)(H,15,16). The number of rotatable bonds is 3. The second-order valence-corrected chi connectivity index (χ2v) is 4.10. The van der Waals surface area contributed by atoms with Crippen molar-refractivity contribution in [3.05, 3.63) is 0 Å². The molecule has 0 aromatic carbocycles. The first kappa shape index (κ1) is 13.3. The van der Waals surface area contributed by atoms with E-state index in [1.165, 1.54) is 4.90 Å². The van der Waals surface area contributed by atoms with Gasteiger partial charge in [0.1, 0.15) is 6.04 Å². The fourth-order valence-electron chi connectivity index (χ4n) is 1.75. The molecule has 17 heavy (non-hydrogen) atoms. The molecule has 2 atom stereocenters. The summed E-state index contributed by atoms with van der Waals surface area (Å²) in [5, 5.41) is 11.2. The minimum absolute atomic E-state index is 0.0268. The molecule has 0 aromatic heterocycles. The van der Waals surface area contributed by atoms with Crippen LogP contribution in [0.2, 0.25) is 0 Å². The van der Waals surface area contributed by atoms with Gasteiger partial charge in [-0.05, 0) is 12.8 Å². The average Bonchev–Trinajstić information content (AvgIpc) is 2.28. The molecule has 2 unspecified atom stereocenters. The number of aliphatic carboxylic acids is 1. The number of piperidine rings is 1. The van der Waals surface area contributed by atoms with Gasteiger partial charge in [0.05, 0.1) is 0 Å². The van der Waals surface area contributed by atoms with Gasteiger partial charge in [0.15, 0.2) is 0 Å². The number of carbonyl (C=O) groups is 2. The fourth-order valence-corrected chi connectivity index (χ4v) is 1.75. The molecule has 0 spiro atoms. The van der Waals surface area contributed by atoms with E-state index < -0.39 is 18.0 Å². The lowest BCUT2D eigenvalue weighted by atomic mass is 10.1. The van der Waals surface area contributed by atoms with Crippen LogP contribution in [0.5, 0.6) is 0 Å². The second kappa shape index (κ2) is 6.11. The van der Waals surface area contributed by atoms with Crippen molar-refractivity contribution in [3.8, 4) is 12.3 Å². The molecule has 1 fully saturated rings. The van der Waals surface area contributed by atoms with Crippen LogP contribution >= 0.6 is 0 Å². The molecular weight excluding hydrogens is 222 g/mol. The first-order chi connectivity index (χ1) is 8.04. The van der Waals surface area contributed by atoms with Crippen molar-refractivity contribution in [3.63, 3.8) is 0 Å². The number of likely N-dealkylation sites (tertiary alicyclic amines) is 1. The Kier molecular flexibility index (Phi) is 4.79. The van der Waals surface area contributed by atoms with Crippen molar-refractivity contribution in [1.29, 1.82) is 0 Å². The molecule has 0 aromatic rings. The number of nitrogens with one attached hydrogen (secondary N) is 1. The number of terminal acetylenes is 1. The van der Waals surface area contributed by atoms with Gasteiger partial charge in [-0.25, -0.2) is 9.59 Å². The summed E-state index contributed by atoms with van der Waals surface area (Å²) in [4.78, 5) is 24.1. The third kappa shape index (κ3) is 3.96. The number of hydrogen-bond donors (Lipinski definition) is 3. The number of amides is 2. The van der Waals surface area contributed by atoms with Crippen molar-refractivity contribution in [2.75, 3.05) is 13.1 Å². The zero-order chi connectivity index (χ0) is 12.8. The molecule has 94 valence electrons. The molecule has 1 aliphatic heterocycles. The number of carboxylic acid groups (broad SMARTS) is 1. The zero-order valence-corrected chi connectivity index (χ0v) is 9.56. The van der Waals surface area contributed by atoms with Gasteiger partial charge in [0.25, 0.3) is 0 Å². The van der Waals surface area contributed by atoms with Gasteiger partial charge in [-0.3, -0.25) is 0 Å². The minimum Gasteiger partial charge on any atom is -0.480 e. The van der Waals surface area contributed by atoms with Crippen LogP contribution in [0.25, 0.3) is 0 Å². The van der Waals surface area contributed by atoms with Gasteiger partial charge in [-0.2, -0.15) is 0 Å². The van der Waals surface area contributed by atoms with E-state index in [1.807, 2.05) is 0 Å². The lowest BCUT2D eigenvalue weighted by Gasteiger charge is -2.31. The van der Waals surface area contributed by atoms with Crippen molar-refractivity contribution in [2.45, 2.75) is 31.3 Å². The van der Waals surface area contributed by atoms with Crippen LogP contribution in [0.1, 0.15) is 19.3 Å². The molecule has 1 rings (SSSR count). The van der Waals surface area contributed by atoms with Crippen LogP contribution in [0, 0.1) is 12.3 Å². The molecule has 1 saturated heterocycles. The van der Waals surface area contributed by atoms with Crippen molar-refractivity contribution in [2.24, 2.45) is 5.73 Å². The molecule has 0 radical (unpaired) electrons. The molecule has 0 saturated carbocycles. The minimum atomic E-state index is -1.13. The van der Waals surface area contributed by atoms with Crippen LogP contribution in [-0.4, -0.2) is 47.2 Å². The van der Waals surface area contributed by atoms with Crippen LogP contribution in [0.15, 0.2) is 0 Å². The summed E-state index contributed by atoms with van der Waals surface area (Å²) >= 11 is 0. The molecule has 4 N–H and O–H groups in total. The van der Waals surface area contributed by atoms with E-state index in [-0.39, 0.29) is 12.5 Å². The summed E-state index contributed by atoms with van der Waals surface area (Å²) in [5.41, 5.74) is 5.74. The Morgan fingerprint density at radius 1 is 1.65 bits per heavy atom. The summed E-state index contributed by atoms with van der Waals surface area (Å²) in [6, 6.07) is -1.49. The van der Waals surface area contributed by atoms with Gasteiger partial charge in [-0.1, -0.05) is 0 Å². The van der Waals surface area contributed by atoms with Crippen LogP contribution < -0.4 is 11.1 Å². The first-order valence-corrected chi connectivity index (χ1v) is 5.52. The fraction of sp³-hybridized carbons (Fsp3) is 0.636. The highest BCUT2D eigenvalue weighted by molar-refractivity contribution is 5.82. The third-order valence-corrected chi connectivity index (χ3v) is 2.66. The summed E-state index contributed by atoms with van der Waals surface area (Å²) in [6.45, 7) is 1.05. The molecule has 0 bridgehead atoms. The van der Waals surface area contributed by atoms with Crippen LogP contribution in [-0.2, 0) is 4.79 Å². The quantitative estimate of drug-likeness (QED) is 0.584. The van der Waals surface area contributed by atoms with Crippen molar-refractivity contribution >= 4 is 12.0 Å². The monoisotopic (exact) mass is 239 g/mol. The molecule has 1 aliphatic rings. The molecule has 1 heterocycles. The Hall–Kier alpha value is -1.74. The summed E-state index contributed by atoms with van der Waals surface area (Å²) in [6.07, 6.45) is 6.74. The van der Waals surface area contributed by atoms with E-state index in [4.69, 9.17) is 17.3 Å². The number of hydrogen-bond acceptors (Lipinski definition) is 3. The largest absolute Gasteiger partial charge is 0.480 e. The third-order valence-electron chi connectivity index (χ3n) is 2.66. The molecule has 6 heteroatoms. The first-order valence-electron chi connectivity index (χ1n) is 5.52. The Morgan fingerprint density at radius 2 is 2.35 bits per heavy atom. The maximum Gasteiger partial charge on any atom is 0.327 e. The predicted molar refractivity (Wildman–Crippen MR) is 62.2 cm³/mol. The SMILES string of the molecule is C#CCC(NC(=O)N1CCCC(N)C1)C(=O)O. The highest BCUT2D eigenvalue weighted by Crippen LogP contribution is 2.08. The lowest BCUT2D eigenvalue weighted by molar-refractivity contribution is -0.139. The van der Waals surface area contributed by atoms with Gasteiger partial charge >= 0.3 is 12.0 Å². The number of nitrogens with two attached hydrogens (primary N) is 1. The normalized spacial score (nSPS) is 21.4. The summed E-state index contributed by atoms with van der Waals surface area (Å²) in [7, 11) is 0. The highest BCUT2D eigenvalue weighted by Gasteiger charge is 2.25. The molecule has 0 aliphatic carbocycles. The van der Waals surface area contributed by atoms with Crippen molar-refractivity contribution in [1.82, 2.24) is 10.2 Å². The maximum atomic E-state index is 11.8. The van der Waals surface area contributed by atoms with E-state index in [2.05, 4.69) is 11.2 Å². The highest BCUT2D eigenvalue weighted by atomic mass is 16.4. The maximum absolute atomic E-state index is 11.8. The van der Waals surface area contributed by atoms with E-state index in [0.717, 1.165) is 12.8 Å². The van der Waals surface area contributed by atoms with Gasteiger partial charge in [-0.15, -0.1) is 12.3 Å². The van der Waals surface area contributed by atoms with Crippen LogP contribution in [0.4, 0.5) is 4.79 Å². The smallest absolute Gasteiger partial charge is 0.327 e. The van der Waals surface area contributed by atoms with Gasteiger partial charge in [0.2, 0.25) is 0 Å². The van der Waals surface area contributed by atoms with Gasteiger partial charge in [0, 0.05) is 25.6 Å². The number of carbonyl (C=O) groups excluding carboxylic acids is 1. The Labute approximate surface area is 100 Å². The number of urea groups is 1. The number of nitrogens with zero attached hydrogens (tertiary/aromatic N) is 1. The molecular formula is C11H17N3O3. The van der Waals surface area contributed by atoms with Gasteiger partial charge < -0.3 is 21.1 Å². The zero-order valence-electron chi connectivity index (χ0n) is 9.56. The van der Waals surface area contributed by atoms with E-state index >= 15 is 0 Å². The van der Waals surface area contributed by atoms with Crippen LogP contribution in [0.3, 0.4) is 0 Å². The average molecular weight is 239 g/mol. The topological polar surface area (TPSA) is 95.7 Å². The summed E-state index contributed by atoms with van der Waals surface area (Å²) < 4.78 is 0. The van der Waals surface area contributed by atoms with Crippen molar-refractivity contribution < 1.29 is 14.7 Å². The Balaban J connectivity index is 2.52. The number of carboxylic acids is 1. The Bertz CT molecular complexity index is 337. The van der Waals surface area contributed by atoms with E-state index in [0.29, 0.717) is 13.1 Å². The Morgan fingerprint density at radius 3 is 2.88 bits per heavy atom. The predicted octanol–water partition coefficient (Wildman–Crippen LogP) is -0.404. The second-order valence-electron chi connectivity index (χ2n) is 4.10.